The van der Waals surface area contributed by atoms with Gasteiger partial charge in [0.1, 0.15) is 5.82 Å². The fourth-order valence-corrected chi connectivity index (χ4v) is 2.49. The molecule has 3 nitrogen and oxygen atoms in total. The predicted octanol–water partition coefficient (Wildman–Crippen LogP) is 2.54. The molecule has 1 aliphatic carbocycles. The van der Waals surface area contributed by atoms with Gasteiger partial charge in [0.05, 0.1) is 6.54 Å². The highest BCUT2D eigenvalue weighted by molar-refractivity contribution is 5.78. The Kier molecular flexibility index (Phi) is 4.91. The topological polar surface area (TPSA) is 41.1 Å². The molecule has 1 fully saturated rings. The third kappa shape index (κ3) is 4.31. The van der Waals surface area contributed by atoms with Crippen molar-refractivity contribution >= 4 is 5.91 Å². The zero-order valence-corrected chi connectivity index (χ0v) is 11.3. The normalized spacial score (nSPS) is 17.4. The maximum Gasteiger partial charge on any atom is 0.234 e. The summed E-state index contributed by atoms with van der Waals surface area (Å²) < 4.78 is 13.1. The zero-order chi connectivity index (χ0) is 13.7. The van der Waals surface area contributed by atoms with Crippen LogP contribution in [0, 0.1) is 5.82 Å². The molecule has 1 amide bonds. The molecule has 1 atom stereocenters. The molecule has 19 heavy (non-hydrogen) atoms. The highest BCUT2D eigenvalue weighted by atomic mass is 19.1. The first-order chi connectivity index (χ1) is 9.15. The molecule has 1 aromatic rings. The van der Waals surface area contributed by atoms with Crippen LogP contribution < -0.4 is 10.6 Å². The summed E-state index contributed by atoms with van der Waals surface area (Å²) in [6.07, 6.45) is 4.59. The number of rotatable bonds is 5. The number of carbonyl (C=O) groups excluding carboxylic acids is 1. The van der Waals surface area contributed by atoms with Crippen molar-refractivity contribution in [2.75, 3.05) is 6.54 Å². The Morgan fingerprint density at radius 1 is 1.42 bits per heavy atom. The minimum absolute atomic E-state index is 0.0233. The van der Waals surface area contributed by atoms with Crippen LogP contribution in [0.15, 0.2) is 24.3 Å². The molecular formula is C15H21FN2O. The van der Waals surface area contributed by atoms with E-state index < -0.39 is 0 Å². The van der Waals surface area contributed by atoms with E-state index in [0.29, 0.717) is 6.04 Å². The average molecular weight is 264 g/mol. The molecule has 0 spiro atoms. The molecule has 4 heteroatoms. The van der Waals surface area contributed by atoms with Gasteiger partial charge in [-0.25, -0.2) is 4.39 Å². The van der Waals surface area contributed by atoms with E-state index in [4.69, 9.17) is 0 Å². The van der Waals surface area contributed by atoms with Crippen molar-refractivity contribution < 1.29 is 9.18 Å². The fraction of sp³-hybridized carbons (Fsp3) is 0.533. The van der Waals surface area contributed by atoms with Gasteiger partial charge < -0.3 is 10.6 Å². The first-order valence-corrected chi connectivity index (χ1v) is 6.93. The monoisotopic (exact) mass is 264 g/mol. The molecule has 0 radical (unpaired) electrons. The summed E-state index contributed by atoms with van der Waals surface area (Å²) in [6, 6.07) is 6.76. The number of halogens is 1. The van der Waals surface area contributed by atoms with E-state index in [1.165, 1.54) is 25.0 Å². The van der Waals surface area contributed by atoms with Crippen LogP contribution >= 0.6 is 0 Å². The molecule has 2 rings (SSSR count). The molecule has 0 heterocycles. The van der Waals surface area contributed by atoms with Gasteiger partial charge in [0.15, 0.2) is 0 Å². The van der Waals surface area contributed by atoms with Crippen molar-refractivity contribution in [3.8, 4) is 0 Å². The minimum Gasteiger partial charge on any atom is -0.352 e. The van der Waals surface area contributed by atoms with Gasteiger partial charge in [-0.15, -0.1) is 0 Å². The van der Waals surface area contributed by atoms with Crippen molar-refractivity contribution in [2.24, 2.45) is 0 Å². The highest BCUT2D eigenvalue weighted by Crippen LogP contribution is 2.17. The molecule has 0 aromatic heterocycles. The molecule has 104 valence electrons. The van der Waals surface area contributed by atoms with Crippen LogP contribution in [0.25, 0.3) is 0 Å². The second-order valence-corrected chi connectivity index (χ2v) is 5.21. The van der Waals surface area contributed by atoms with E-state index >= 15 is 0 Å². The third-order valence-corrected chi connectivity index (χ3v) is 3.64. The largest absolute Gasteiger partial charge is 0.352 e. The van der Waals surface area contributed by atoms with Crippen LogP contribution in [-0.4, -0.2) is 18.5 Å². The number of nitrogens with one attached hydrogen (secondary N) is 2. The van der Waals surface area contributed by atoms with Gasteiger partial charge in [-0.05, 0) is 37.5 Å². The second-order valence-electron chi connectivity index (χ2n) is 5.21. The van der Waals surface area contributed by atoms with Crippen molar-refractivity contribution in [2.45, 2.75) is 44.7 Å². The van der Waals surface area contributed by atoms with Gasteiger partial charge in [0.25, 0.3) is 0 Å². The van der Waals surface area contributed by atoms with Gasteiger partial charge in [-0.3, -0.25) is 4.79 Å². The van der Waals surface area contributed by atoms with Crippen LogP contribution in [0.1, 0.15) is 44.2 Å². The Morgan fingerprint density at radius 3 is 2.84 bits per heavy atom. The molecule has 0 bridgehead atoms. The smallest absolute Gasteiger partial charge is 0.234 e. The Balaban J connectivity index is 1.76. The van der Waals surface area contributed by atoms with Crippen molar-refractivity contribution in [1.82, 2.24) is 10.6 Å². The molecule has 1 aromatic carbocycles. The number of hydrogen-bond acceptors (Lipinski definition) is 2. The Hall–Kier alpha value is -1.42. The van der Waals surface area contributed by atoms with E-state index in [-0.39, 0.29) is 24.3 Å². The Labute approximate surface area is 113 Å². The van der Waals surface area contributed by atoms with Crippen molar-refractivity contribution in [3.63, 3.8) is 0 Å². The van der Waals surface area contributed by atoms with Gasteiger partial charge in [0, 0.05) is 12.1 Å². The van der Waals surface area contributed by atoms with E-state index in [1.54, 1.807) is 6.07 Å². The molecule has 2 N–H and O–H groups in total. The third-order valence-electron chi connectivity index (χ3n) is 3.64. The Bertz CT molecular complexity index is 430. The van der Waals surface area contributed by atoms with Gasteiger partial charge in [-0.1, -0.05) is 25.0 Å². The zero-order valence-electron chi connectivity index (χ0n) is 11.3. The van der Waals surface area contributed by atoms with Crippen molar-refractivity contribution in [3.05, 3.63) is 35.6 Å². The lowest BCUT2D eigenvalue weighted by molar-refractivity contribution is -0.121. The van der Waals surface area contributed by atoms with Gasteiger partial charge >= 0.3 is 0 Å². The highest BCUT2D eigenvalue weighted by Gasteiger charge is 2.17. The lowest BCUT2D eigenvalue weighted by Gasteiger charge is -2.16. The predicted molar refractivity (Wildman–Crippen MR) is 73.2 cm³/mol. The lowest BCUT2D eigenvalue weighted by Crippen LogP contribution is -2.39. The van der Waals surface area contributed by atoms with E-state index in [0.717, 1.165) is 18.4 Å². The van der Waals surface area contributed by atoms with Crippen molar-refractivity contribution in [1.29, 1.82) is 0 Å². The average Bonchev–Trinajstić information content (AvgIpc) is 2.88. The number of carbonyl (C=O) groups is 1. The summed E-state index contributed by atoms with van der Waals surface area (Å²) in [5.74, 6) is -0.225. The molecule has 1 aliphatic rings. The van der Waals surface area contributed by atoms with Gasteiger partial charge in [0.2, 0.25) is 5.91 Å². The first-order valence-electron chi connectivity index (χ1n) is 6.93. The number of benzene rings is 1. The van der Waals surface area contributed by atoms with E-state index in [9.17, 15) is 9.18 Å². The molecule has 0 unspecified atom stereocenters. The Morgan fingerprint density at radius 2 is 2.16 bits per heavy atom. The maximum atomic E-state index is 13.1. The molecule has 0 aliphatic heterocycles. The summed E-state index contributed by atoms with van der Waals surface area (Å²) in [7, 11) is 0. The second kappa shape index (κ2) is 6.66. The van der Waals surface area contributed by atoms with E-state index in [1.807, 2.05) is 13.0 Å². The molecule has 1 saturated carbocycles. The van der Waals surface area contributed by atoms with Crippen LogP contribution in [0.2, 0.25) is 0 Å². The lowest BCUT2D eigenvalue weighted by atomic mass is 10.1. The van der Waals surface area contributed by atoms with Crippen LogP contribution in [-0.2, 0) is 4.79 Å². The first kappa shape index (κ1) is 14.0. The summed E-state index contributed by atoms with van der Waals surface area (Å²) >= 11 is 0. The number of hydrogen-bond donors (Lipinski definition) is 2. The SMILES string of the molecule is C[C@H](NCC(=O)NC1CCCC1)c1cccc(F)c1. The van der Waals surface area contributed by atoms with Crippen LogP contribution in [0.3, 0.4) is 0 Å². The summed E-state index contributed by atoms with van der Waals surface area (Å²) in [5, 5.41) is 6.14. The standard InChI is InChI=1S/C15H21FN2O/c1-11(12-5-4-6-13(16)9-12)17-10-15(19)18-14-7-2-3-8-14/h4-6,9,11,14,17H,2-3,7-8,10H2,1H3,(H,18,19)/t11-/m0/s1. The molecule has 0 saturated heterocycles. The quantitative estimate of drug-likeness (QED) is 0.858. The van der Waals surface area contributed by atoms with Crippen LogP contribution in [0.4, 0.5) is 4.39 Å². The summed E-state index contributed by atoms with van der Waals surface area (Å²) in [5.41, 5.74) is 0.855. The number of amides is 1. The fourth-order valence-electron chi connectivity index (χ4n) is 2.49. The van der Waals surface area contributed by atoms with Gasteiger partial charge in [-0.2, -0.15) is 0 Å². The molecular weight excluding hydrogens is 243 g/mol. The van der Waals surface area contributed by atoms with Crippen LogP contribution in [0.5, 0.6) is 0 Å². The maximum absolute atomic E-state index is 13.1. The summed E-state index contributed by atoms with van der Waals surface area (Å²) in [6.45, 7) is 2.20. The minimum atomic E-state index is -0.249. The summed E-state index contributed by atoms with van der Waals surface area (Å²) in [4.78, 5) is 11.8. The van der Waals surface area contributed by atoms with E-state index in [2.05, 4.69) is 10.6 Å².